The number of benzene rings is 3. The molecule has 5 heteroatoms. The van der Waals surface area contributed by atoms with Gasteiger partial charge in [0, 0.05) is 11.5 Å². The van der Waals surface area contributed by atoms with Gasteiger partial charge in [-0.1, -0.05) is 31.2 Å². The Morgan fingerprint density at radius 2 is 1.79 bits per heavy atom. The van der Waals surface area contributed by atoms with Gasteiger partial charge in [-0.2, -0.15) is 0 Å². The van der Waals surface area contributed by atoms with E-state index in [2.05, 4.69) is 25.1 Å². The first-order valence-corrected chi connectivity index (χ1v) is 11.9. The molecular weight excluding hydrogens is 428 g/mol. The van der Waals surface area contributed by atoms with Crippen LogP contribution in [0.25, 0.3) is 10.8 Å². The molecule has 1 N–H and O–H groups in total. The summed E-state index contributed by atoms with van der Waals surface area (Å²) < 4.78 is 17.4. The second kappa shape index (κ2) is 9.21. The van der Waals surface area contributed by atoms with Crippen LogP contribution in [0.15, 0.2) is 36.4 Å². The third-order valence-corrected chi connectivity index (χ3v) is 7.25. The van der Waals surface area contributed by atoms with Crippen LogP contribution < -0.4 is 9.47 Å². The molecule has 0 amide bonds. The average Bonchev–Trinajstić information content (AvgIpc) is 2.83. The van der Waals surface area contributed by atoms with Crippen molar-refractivity contribution in [3.05, 3.63) is 64.2 Å². The standard InChI is InChI=1S/C29H34O5/c1-17(21-7-8-23-14-24(32-6)10-9-22(23)13-21)16-33-26(30)15-29(5)12-11-25-20(4)27(31)18(2)19(3)28(25)34-29/h7-10,13-14,17,31H,11-12,15-16H2,1-6H3/t17-,29+/m1/s1. The Bertz CT molecular complexity index is 1250. The van der Waals surface area contributed by atoms with E-state index in [1.807, 2.05) is 45.9 Å². The van der Waals surface area contributed by atoms with E-state index in [1.54, 1.807) is 7.11 Å². The number of fused-ring (bicyclic) bond motifs is 2. The summed E-state index contributed by atoms with van der Waals surface area (Å²) in [5, 5.41) is 12.6. The fourth-order valence-electron chi connectivity index (χ4n) is 4.77. The monoisotopic (exact) mass is 462 g/mol. The van der Waals surface area contributed by atoms with E-state index >= 15 is 0 Å². The highest BCUT2D eigenvalue weighted by molar-refractivity contribution is 5.84. The third-order valence-electron chi connectivity index (χ3n) is 7.25. The Morgan fingerprint density at radius 1 is 1.09 bits per heavy atom. The van der Waals surface area contributed by atoms with Crippen LogP contribution in [0.4, 0.5) is 0 Å². The molecule has 3 aromatic carbocycles. The first kappa shape index (κ1) is 23.9. The maximum atomic E-state index is 12.8. The summed E-state index contributed by atoms with van der Waals surface area (Å²) in [6, 6.07) is 12.3. The number of aromatic hydroxyl groups is 1. The van der Waals surface area contributed by atoms with Crippen LogP contribution in [-0.4, -0.2) is 30.4 Å². The molecule has 0 saturated carbocycles. The topological polar surface area (TPSA) is 65.0 Å². The van der Waals surface area contributed by atoms with E-state index in [4.69, 9.17) is 14.2 Å². The quantitative estimate of drug-likeness (QED) is 0.436. The van der Waals surface area contributed by atoms with Gasteiger partial charge in [0.15, 0.2) is 0 Å². The van der Waals surface area contributed by atoms with E-state index < -0.39 is 5.60 Å². The summed E-state index contributed by atoms with van der Waals surface area (Å²) >= 11 is 0. The summed E-state index contributed by atoms with van der Waals surface area (Å²) in [6.07, 6.45) is 1.65. The largest absolute Gasteiger partial charge is 0.507 e. The van der Waals surface area contributed by atoms with Gasteiger partial charge in [-0.25, -0.2) is 0 Å². The third kappa shape index (κ3) is 4.56. The second-order valence-corrected chi connectivity index (χ2v) is 9.82. The van der Waals surface area contributed by atoms with E-state index in [1.165, 1.54) is 0 Å². The number of carbonyl (C=O) groups excluding carboxylic acids is 1. The summed E-state index contributed by atoms with van der Waals surface area (Å²) in [5.74, 6) is 1.79. The molecule has 0 fully saturated rings. The van der Waals surface area contributed by atoms with Crippen LogP contribution >= 0.6 is 0 Å². The summed E-state index contributed by atoms with van der Waals surface area (Å²) in [4.78, 5) is 12.8. The molecule has 0 saturated heterocycles. The Labute approximate surface area is 201 Å². The lowest BCUT2D eigenvalue weighted by atomic mass is 9.85. The molecule has 1 aliphatic rings. The van der Waals surface area contributed by atoms with E-state index in [-0.39, 0.29) is 18.3 Å². The molecular formula is C29H34O5. The fourth-order valence-corrected chi connectivity index (χ4v) is 4.77. The van der Waals surface area contributed by atoms with E-state index in [0.717, 1.165) is 56.5 Å². The van der Waals surface area contributed by atoms with Gasteiger partial charge in [0.25, 0.3) is 0 Å². The van der Waals surface area contributed by atoms with Gasteiger partial charge in [-0.05, 0) is 85.7 Å². The van der Waals surface area contributed by atoms with Crippen LogP contribution in [-0.2, 0) is 16.0 Å². The SMILES string of the molecule is COc1ccc2cc([C@H](C)COC(=O)C[C@]3(C)CCc4c(C)c(O)c(C)c(C)c4O3)ccc2c1. The average molecular weight is 463 g/mol. The van der Waals surface area contributed by atoms with Gasteiger partial charge in [0.05, 0.1) is 20.1 Å². The van der Waals surface area contributed by atoms with Gasteiger partial charge in [0.1, 0.15) is 22.8 Å². The van der Waals surface area contributed by atoms with Crippen molar-refractivity contribution in [2.45, 2.75) is 65.4 Å². The number of rotatable bonds is 6. The van der Waals surface area contributed by atoms with Gasteiger partial charge < -0.3 is 19.3 Å². The molecule has 1 heterocycles. The first-order valence-electron chi connectivity index (χ1n) is 11.9. The minimum atomic E-state index is -0.629. The molecule has 1 aliphatic heterocycles. The molecule has 0 bridgehead atoms. The lowest BCUT2D eigenvalue weighted by Crippen LogP contribution is -2.39. The number of phenolic OH excluding ortho intramolecular Hbond substituents is 1. The molecule has 0 spiro atoms. The number of methoxy groups -OCH3 is 1. The van der Waals surface area contributed by atoms with Crippen molar-refractivity contribution >= 4 is 16.7 Å². The van der Waals surface area contributed by atoms with Crippen LogP contribution in [0.2, 0.25) is 0 Å². The zero-order valence-electron chi connectivity index (χ0n) is 21.0. The lowest BCUT2D eigenvalue weighted by Gasteiger charge is -2.37. The zero-order valence-corrected chi connectivity index (χ0v) is 21.0. The highest BCUT2D eigenvalue weighted by Gasteiger charge is 2.37. The van der Waals surface area contributed by atoms with Crippen molar-refractivity contribution in [1.82, 2.24) is 0 Å². The first-order chi connectivity index (χ1) is 16.1. The number of phenols is 1. The molecule has 0 unspecified atom stereocenters. The van der Waals surface area contributed by atoms with Gasteiger partial charge in [-0.3, -0.25) is 4.79 Å². The minimum absolute atomic E-state index is 0.0757. The normalized spacial score (nSPS) is 18.2. The number of ether oxygens (including phenoxy) is 3. The lowest BCUT2D eigenvalue weighted by molar-refractivity contribution is -0.148. The van der Waals surface area contributed by atoms with E-state index in [0.29, 0.717) is 18.8 Å². The van der Waals surface area contributed by atoms with Crippen molar-refractivity contribution in [2.75, 3.05) is 13.7 Å². The molecule has 4 rings (SSSR count). The molecule has 0 radical (unpaired) electrons. The van der Waals surface area contributed by atoms with Gasteiger partial charge in [0.2, 0.25) is 0 Å². The highest BCUT2D eigenvalue weighted by Crippen LogP contribution is 2.44. The van der Waals surface area contributed by atoms with E-state index in [9.17, 15) is 9.90 Å². The smallest absolute Gasteiger partial charge is 0.309 e. The Kier molecular flexibility index (Phi) is 6.48. The molecule has 34 heavy (non-hydrogen) atoms. The number of esters is 1. The molecule has 2 atom stereocenters. The van der Waals surface area contributed by atoms with Crippen LogP contribution in [0.3, 0.4) is 0 Å². The van der Waals surface area contributed by atoms with Crippen molar-refractivity contribution in [2.24, 2.45) is 0 Å². The zero-order chi connectivity index (χ0) is 24.6. The number of hydrogen-bond donors (Lipinski definition) is 1. The summed E-state index contributed by atoms with van der Waals surface area (Å²) in [5.41, 5.74) is 4.15. The predicted molar refractivity (Wildman–Crippen MR) is 134 cm³/mol. The molecule has 5 nitrogen and oxygen atoms in total. The predicted octanol–water partition coefficient (Wildman–Crippen LogP) is 6.30. The molecule has 0 aliphatic carbocycles. The fraction of sp³-hybridized carbons (Fsp3) is 0.414. The van der Waals surface area contributed by atoms with Crippen molar-refractivity contribution in [1.29, 1.82) is 0 Å². The van der Waals surface area contributed by atoms with Crippen LogP contribution in [0.1, 0.15) is 60.4 Å². The molecule has 0 aromatic heterocycles. The molecule has 180 valence electrons. The Balaban J connectivity index is 1.40. The van der Waals surface area contributed by atoms with Gasteiger partial charge >= 0.3 is 5.97 Å². The maximum Gasteiger partial charge on any atom is 0.309 e. The number of hydrogen-bond acceptors (Lipinski definition) is 5. The summed E-state index contributed by atoms with van der Waals surface area (Å²) in [7, 11) is 1.66. The van der Waals surface area contributed by atoms with Crippen molar-refractivity contribution < 1.29 is 24.1 Å². The molecule has 3 aromatic rings. The van der Waals surface area contributed by atoms with Crippen molar-refractivity contribution in [3.8, 4) is 17.2 Å². The van der Waals surface area contributed by atoms with Crippen molar-refractivity contribution in [3.63, 3.8) is 0 Å². The minimum Gasteiger partial charge on any atom is -0.507 e. The van der Waals surface area contributed by atoms with Crippen LogP contribution in [0, 0.1) is 20.8 Å². The highest BCUT2D eigenvalue weighted by atomic mass is 16.5. The number of carbonyl (C=O) groups is 1. The van der Waals surface area contributed by atoms with Crippen LogP contribution in [0.5, 0.6) is 17.2 Å². The Hall–Kier alpha value is -3.21. The van der Waals surface area contributed by atoms with Gasteiger partial charge in [-0.15, -0.1) is 0 Å². The maximum absolute atomic E-state index is 12.8. The Morgan fingerprint density at radius 3 is 2.53 bits per heavy atom. The summed E-state index contributed by atoms with van der Waals surface area (Å²) in [6.45, 7) is 10.1. The second-order valence-electron chi connectivity index (χ2n) is 9.82.